The van der Waals surface area contributed by atoms with Gasteiger partial charge >= 0.3 is 29.6 Å². The molecule has 0 spiro atoms. The van der Waals surface area contributed by atoms with Crippen molar-refractivity contribution in [3.63, 3.8) is 0 Å². The topological polar surface area (TPSA) is 83.5 Å². The Bertz CT molecular complexity index is 684. The first kappa shape index (κ1) is 16.9. The number of benzene rings is 2. The summed E-state index contributed by atoms with van der Waals surface area (Å²) in [6.45, 7) is 0. The van der Waals surface area contributed by atoms with E-state index in [2.05, 4.69) is 5.32 Å². The standard InChI is InChI=1S/C13H11NO4S.Na/c15-13(10-4-2-1-3-5-10)14-11-6-8-12(9-7-11)19(16,17)18;/h1-9H,(H,14,15)(H,16,17,18);/q;+1. The van der Waals surface area contributed by atoms with Crippen LogP contribution in [0.3, 0.4) is 0 Å². The zero-order chi connectivity index (χ0) is 13.9. The molecule has 2 aromatic carbocycles. The smallest absolute Gasteiger partial charge is 0.322 e. The van der Waals surface area contributed by atoms with Crippen molar-refractivity contribution in [3.05, 3.63) is 60.2 Å². The second-order valence-electron chi connectivity index (χ2n) is 3.82. The predicted octanol–water partition coefficient (Wildman–Crippen LogP) is -0.810. The van der Waals surface area contributed by atoms with Crippen LogP contribution in [0, 0.1) is 0 Å². The minimum atomic E-state index is -4.21. The fraction of sp³-hybridized carbons (Fsp3) is 0. The first-order chi connectivity index (χ1) is 8.97. The van der Waals surface area contributed by atoms with Gasteiger partial charge in [-0.3, -0.25) is 9.35 Å². The van der Waals surface area contributed by atoms with Gasteiger partial charge in [0.1, 0.15) is 0 Å². The van der Waals surface area contributed by atoms with Crippen LogP contribution in [-0.4, -0.2) is 18.9 Å². The van der Waals surface area contributed by atoms with Crippen molar-refractivity contribution in [2.75, 3.05) is 5.32 Å². The Morgan fingerprint density at radius 2 is 1.50 bits per heavy atom. The van der Waals surface area contributed by atoms with Gasteiger partial charge in [0.05, 0.1) is 4.90 Å². The third kappa shape index (κ3) is 4.43. The minimum absolute atomic E-state index is 0. The molecule has 7 heteroatoms. The first-order valence-electron chi connectivity index (χ1n) is 5.41. The first-order valence-corrected chi connectivity index (χ1v) is 6.85. The molecule has 1 amide bonds. The normalized spacial score (nSPS) is 10.4. The maximum Gasteiger partial charge on any atom is 1.00 e. The van der Waals surface area contributed by atoms with E-state index in [-0.39, 0.29) is 40.4 Å². The second-order valence-corrected chi connectivity index (χ2v) is 5.24. The van der Waals surface area contributed by atoms with Gasteiger partial charge in [0.2, 0.25) is 0 Å². The molecule has 2 N–H and O–H groups in total. The van der Waals surface area contributed by atoms with E-state index in [1.54, 1.807) is 30.3 Å². The largest absolute Gasteiger partial charge is 1.00 e. The van der Waals surface area contributed by atoms with Crippen molar-refractivity contribution in [2.24, 2.45) is 0 Å². The van der Waals surface area contributed by atoms with Gasteiger partial charge in [0, 0.05) is 11.3 Å². The Morgan fingerprint density at radius 1 is 0.950 bits per heavy atom. The molecule has 2 rings (SSSR count). The summed E-state index contributed by atoms with van der Waals surface area (Å²) >= 11 is 0. The van der Waals surface area contributed by atoms with E-state index in [1.165, 1.54) is 24.3 Å². The summed E-state index contributed by atoms with van der Waals surface area (Å²) in [6, 6.07) is 13.9. The summed E-state index contributed by atoms with van der Waals surface area (Å²) < 4.78 is 30.5. The van der Waals surface area contributed by atoms with Gasteiger partial charge in [0.25, 0.3) is 16.0 Å². The molecule has 0 aliphatic heterocycles. The molecule has 0 unspecified atom stereocenters. The number of hydrogen-bond acceptors (Lipinski definition) is 3. The van der Waals surface area contributed by atoms with Crippen LogP contribution in [0.1, 0.15) is 10.4 Å². The van der Waals surface area contributed by atoms with Gasteiger partial charge in [-0.05, 0) is 36.4 Å². The molecule has 0 bridgehead atoms. The SMILES string of the molecule is O=C(Nc1ccc(S(=O)(=O)O)cc1)c1ccccc1.[Na+]. The van der Waals surface area contributed by atoms with E-state index in [9.17, 15) is 13.2 Å². The molecule has 0 saturated carbocycles. The molecule has 0 aliphatic carbocycles. The Labute approximate surface area is 139 Å². The quantitative estimate of drug-likeness (QED) is 0.574. The number of nitrogens with one attached hydrogen (secondary N) is 1. The summed E-state index contributed by atoms with van der Waals surface area (Å²) in [5.74, 6) is -0.291. The van der Waals surface area contributed by atoms with E-state index < -0.39 is 10.1 Å². The Balaban J connectivity index is 0.00000200. The van der Waals surface area contributed by atoms with E-state index >= 15 is 0 Å². The van der Waals surface area contributed by atoms with Gasteiger partial charge in [-0.2, -0.15) is 8.42 Å². The van der Waals surface area contributed by atoms with E-state index in [0.29, 0.717) is 11.3 Å². The second kappa shape index (κ2) is 7.01. The number of anilines is 1. The van der Waals surface area contributed by atoms with Crippen LogP contribution in [0.25, 0.3) is 0 Å². The molecule has 20 heavy (non-hydrogen) atoms. The molecule has 0 atom stereocenters. The maximum absolute atomic E-state index is 11.8. The average Bonchev–Trinajstić information content (AvgIpc) is 2.39. The average molecular weight is 300 g/mol. The number of carbonyl (C=O) groups excluding carboxylic acids is 1. The van der Waals surface area contributed by atoms with Gasteiger partial charge in [-0.15, -0.1) is 0 Å². The summed E-state index contributed by atoms with van der Waals surface area (Å²) in [7, 11) is -4.21. The van der Waals surface area contributed by atoms with Crippen molar-refractivity contribution >= 4 is 21.7 Å². The van der Waals surface area contributed by atoms with Gasteiger partial charge in [0.15, 0.2) is 0 Å². The molecule has 0 heterocycles. The summed E-state index contributed by atoms with van der Waals surface area (Å²) in [4.78, 5) is 11.6. The monoisotopic (exact) mass is 300 g/mol. The number of hydrogen-bond donors (Lipinski definition) is 2. The van der Waals surface area contributed by atoms with Crippen LogP contribution >= 0.6 is 0 Å². The fourth-order valence-corrected chi connectivity index (χ4v) is 1.98. The predicted molar refractivity (Wildman–Crippen MR) is 70.7 cm³/mol. The van der Waals surface area contributed by atoms with Gasteiger partial charge < -0.3 is 5.32 Å². The molecule has 0 saturated heterocycles. The molecule has 0 aromatic heterocycles. The van der Waals surface area contributed by atoms with Crippen molar-refractivity contribution in [3.8, 4) is 0 Å². The molecular weight excluding hydrogens is 289 g/mol. The van der Waals surface area contributed by atoms with Crippen LogP contribution in [-0.2, 0) is 10.1 Å². The van der Waals surface area contributed by atoms with E-state index in [4.69, 9.17) is 4.55 Å². The summed E-state index contributed by atoms with van der Waals surface area (Å²) in [5.41, 5.74) is 0.947. The van der Waals surface area contributed by atoms with E-state index in [1.807, 2.05) is 0 Å². The number of carbonyl (C=O) groups is 1. The molecular formula is C13H11NNaO4S+. The fourth-order valence-electron chi connectivity index (χ4n) is 1.50. The third-order valence-corrected chi connectivity index (χ3v) is 3.31. The van der Waals surface area contributed by atoms with Crippen LogP contribution in [0.2, 0.25) is 0 Å². The van der Waals surface area contributed by atoms with Gasteiger partial charge in [-0.1, -0.05) is 18.2 Å². The zero-order valence-corrected chi connectivity index (χ0v) is 13.6. The number of amides is 1. The van der Waals surface area contributed by atoms with Crippen LogP contribution in [0.15, 0.2) is 59.5 Å². The van der Waals surface area contributed by atoms with Crippen molar-refractivity contribution in [1.29, 1.82) is 0 Å². The molecule has 2 aromatic rings. The van der Waals surface area contributed by atoms with Crippen LogP contribution < -0.4 is 34.9 Å². The molecule has 98 valence electrons. The number of rotatable bonds is 3. The third-order valence-electron chi connectivity index (χ3n) is 2.45. The Morgan fingerprint density at radius 3 is 2.00 bits per heavy atom. The molecule has 0 aliphatic rings. The molecule has 0 fully saturated rings. The van der Waals surface area contributed by atoms with E-state index in [0.717, 1.165) is 0 Å². The Kier molecular flexibility index (Phi) is 5.91. The summed E-state index contributed by atoms with van der Waals surface area (Å²) in [6.07, 6.45) is 0. The molecule has 0 radical (unpaired) electrons. The maximum atomic E-state index is 11.8. The van der Waals surface area contributed by atoms with Gasteiger partial charge in [-0.25, -0.2) is 0 Å². The van der Waals surface area contributed by atoms with Crippen molar-refractivity contribution in [2.45, 2.75) is 4.90 Å². The molecule has 5 nitrogen and oxygen atoms in total. The van der Waals surface area contributed by atoms with Crippen molar-refractivity contribution < 1.29 is 47.3 Å². The van der Waals surface area contributed by atoms with Crippen LogP contribution in [0.4, 0.5) is 5.69 Å². The Hall–Kier alpha value is -1.18. The van der Waals surface area contributed by atoms with Crippen molar-refractivity contribution in [1.82, 2.24) is 0 Å². The van der Waals surface area contributed by atoms with Crippen LogP contribution in [0.5, 0.6) is 0 Å². The summed E-state index contributed by atoms with van der Waals surface area (Å²) in [5, 5.41) is 2.62. The zero-order valence-electron chi connectivity index (χ0n) is 10.8. The minimum Gasteiger partial charge on any atom is -0.322 e.